The van der Waals surface area contributed by atoms with E-state index in [0.29, 0.717) is 0 Å². The number of hydrogen-bond donors (Lipinski definition) is 1. The lowest BCUT2D eigenvalue weighted by Gasteiger charge is -2.13. The van der Waals surface area contributed by atoms with Gasteiger partial charge in [0.1, 0.15) is 0 Å². The molecule has 5 nitrogen and oxygen atoms in total. The maximum Gasteiger partial charge on any atom is 0.339 e. The van der Waals surface area contributed by atoms with Gasteiger partial charge < -0.3 is 9.84 Å². The van der Waals surface area contributed by atoms with Crippen molar-refractivity contribution in [3.05, 3.63) is 47.5 Å². The molecule has 0 saturated heterocycles. The number of hydrogen-bond acceptors (Lipinski definition) is 4. The van der Waals surface area contributed by atoms with Gasteiger partial charge in [0.15, 0.2) is 11.9 Å². The Kier molecular flexibility index (Phi) is 4.58. The van der Waals surface area contributed by atoms with E-state index in [4.69, 9.17) is 9.84 Å². The largest absolute Gasteiger partial charge is 0.478 e. The molecule has 0 aliphatic rings. The van der Waals surface area contributed by atoms with Crippen molar-refractivity contribution in [2.24, 2.45) is 0 Å². The van der Waals surface area contributed by atoms with E-state index in [0.717, 1.165) is 0 Å². The van der Waals surface area contributed by atoms with E-state index < -0.39 is 23.8 Å². The Balaban J connectivity index is 2.93. The van der Waals surface area contributed by atoms with Crippen LogP contribution in [-0.2, 0) is 9.53 Å². The van der Waals surface area contributed by atoms with Crippen molar-refractivity contribution in [3.63, 3.8) is 0 Å². The predicted molar refractivity (Wildman–Crippen MR) is 68.1 cm³/mol. The molecule has 100 valence electrons. The second-order valence-corrected chi connectivity index (χ2v) is 4.04. The molecule has 1 N–H and O–H groups in total. The summed E-state index contributed by atoms with van der Waals surface area (Å²) < 4.78 is 4.94. The average Bonchev–Trinajstić information content (AvgIpc) is 2.37. The number of ether oxygens (including phenoxy) is 1. The van der Waals surface area contributed by atoms with Crippen LogP contribution in [0.25, 0.3) is 0 Å². The SMILES string of the molecule is C=C(C)C(=O)C(C)OC(=O)c1ccccc1C(=O)O. The summed E-state index contributed by atoms with van der Waals surface area (Å²) in [5.41, 5.74) is 0.0191. The molecule has 0 amide bonds. The first kappa shape index (κ1) is 14.6. The summed E-state index contributed by atoms with van der Waals surface area (Å²) in [6, 6.07) is 5.66. The number of benzene rings is 1. The van der Waals surface area contributed by atoms with Crippen LogP contribution < -0.4 is 0 Å². The van der Waals surface area contributed by atoms with Crippen molar-refractivity contribution in [3.8, 4) is 0 Å². The van der Waals surface area contributed by atoms with Crippen LogP contribution in [0, 0.1) is 0 Å². The number of aromatic carboxylic acids is 1. The molecule has 1 rings (SSSR count). The molecule has 0 spiro atoms. The first-order valence-electron chi connectivity index (χ1n) is 5.57. The number of carboxylic acid groups (broad SMARTS) is 1. The Morgan fingerprint density at radius 3 is 2.21 bits per heavy atom. The van der Waals surface area contributed by atoms with Crippen molar-refractivity contribution in [1.29, 1.82) is 0 Å². The van der Waals surface area contributed by atoms with Crippen molar-refractivity contribution >= 4 is 17.7 Å². The summed E-state index contributed by atoms with van der Waals surface area (Å²) in [7, 11) is 0. The monoisotopic (exact) mass is 262 g/mol. The molecule has 0 aliphatic carbocycles. The molecule has 0 radical (unpaired) electrons. The smallest absolute Gasteiger partial charge is 0.339 e. The molecular weight excluding hydrogens is 248 g/mol. The van der Waals surface area contributed by atoms with Crippen LogP contribution in [0.15, 0.2) is 36.4 Å². The van der Waals surface area contributed by atoms with Gasteiger partial charge in [0.05, 0.1) is 11.1 Å². The second-order valence-electron chi connectivity index (χ2n) is 4.04. The maximum absolute atomic E-state index is 11.8. The molecule has 0 aliphatic heterocycles. The van der Waals surface area contributed by atoms with Crippen LogP contribution in [0.1, 0.15) is 34.6 Å². The van der Waals surface area contributed by atoms with Gasteiger partial charge >= 0.3 is 11.9 Å². The van der Waals surface area contributed by atoms with Gasteiger partial charge in [0, 0.05) is 0 Å². The van der Waals surface area contributed by atoms with E-state index in [-0.39, 0.29) is 16.7 Å². The summed E-state index contributed by atoms with van der Waals surface area (Å²) in [5, 5.41) is 8.96. The minimum atomic E-state index is -1.23. The van der Waals surface area contributed by atoms with Gasteiger partial charge in [-0.05, 0) is 31.6 Å². The van der Waals surface area contributed by atoms with Gasteiger partial charge in [-0.1, -0.05) is 18.7 Å². The molecule has 5 heteroatoms. The molecule has 19 heavy (non-hydrogen) atoms. The molecule has 0 saturated carbocycles. The minimum absolute atomic E-state index is 0.0867. The molecule has 1 unspecified atom stereocenters. The van der Waals surface area contributed by atoms with Gasteiger partial charge in [-0.15, -0.1) is 0 Å². The molecular formula is C14H14O5. The van der Waals surface area contributed by atoms with Crippen LogP contribution >= 0.6 is 0 Å². The fraction of sp³-hybridized carbons (Fsp3) is 0.214. The first-order chi connectivity index (χ1) is 8.84. The number of carboxylic acids is 1. The number of esters is 1. The Bertz CT molecular complexity index is 545. The van der Waals surface area contributed by atoms with Gasteiger partial charge in [0.25, 0.3) is 0 Å². The highest BCUT2D eigenvalue weighted by molar-refractivity contribution is 6.04. The lowest BCUT2D eigenvalue weighted by molar-refractivity contribution is -0.123. The van der Waals surface area contributed by atoms with E-state index in [1.54, 1.807) is 0 Å². The van der Waals surface area contributed by atoms with E-state index in [9.17, 15) is 14.4 Å². The quantitative estimate of drug-likeness (QED) is 0.649. The Labute approximate surface area is 110 Å². The van der Waals surface area contributed by atoms with Gasteiger partial charge in [-0.2, -0.15) is 0 Å². The van der Waals surface area contributed by atoms with Crippen LogP contribution in [0.3, 0.4) is 0 Å². The zero-order chi connectivity index (χ0) is 14.6. The summed E-state index contributed by atoms with van der Waals surface area (Å²) in [4.78, 5) is 34.3. The van der Waals surface area contributed by atoms with Crippen molar-refractivity contribution in [2.75, 3.05) is 0 Å². The molecule has 0 bridgehead atoms. The van der Waals surface area contributed by atoms with E-state index in [1.807, 2.05) is 0 Å². The Morgan fingerprint density at radius 1 is 1.21 bits per heavy atom. The van der Waals surface area contributed by atoms with Crippen molar-refractivity contribution in [2.45, 2.75) is 20.0 Å². The van der Waals surface area contributed by atoms with Crippen LogP contribution in [0.5, 0.6) is 0 Å². The van der Waals surface area contributed by atoms with Gasteiger partial charge in [-0.25, -0.2) is 9.59 Å². The summed E-state index contributed by atoms with van der Waals surface area (Å²) in [5.74, 6) is -2.48. The van der Waals surface area contributed by atoms with E-state index in [1.165, 1.54) is 38.1 Å². The zero-order valence-electron chi connectivity index (χ0n) is 10.7. The van der Waals surface area contributed by atoms with Gasteiger partial charge in [0.2, 0.25) is 0 Å². The average molecular weight is 262 g/mol. The standard InChI is InChI=1S/C14H14O5/c1-8(2)12(15)9(3)19-14(18)11-7-5-4-6-10(11)13(16)17/h4-7,9H,1H2,2-3H3,(H,16,17). The number of ketones is 1. The third-order valence-corrected chi connectivity index (χ3v) is 2.45. The molecule has 0 heterocycles. The predicted octanol–water partition coefficient (Wildman–Crippen LogP) is 2.08. The summed E-state index contributed by atoms with van der Waals surface area (Å²) >= 11 is 0. The minimum Gasteiger partial charge on any atom is -0.478 e. The molecule has 0 fully saturated rings. The summed E-state index contributed by atoms with van der Waals surface area (Å²) in [6.07, 6.45) is -0.994. The van der Waals surface area contributed by atoms with E-state index >= 15 is 0 Å². The first-order valence-corrected chi connectivity index (χ1v) is 5.57. The lowest BCUT2D eigenvalue weighted by Crippen LogP contribution is -2.25. The lowest BCUT2D eigenvalue weighted by atomic mass is 10.1. The molecule has 1 atom stereocenters. The maximum atomic E-state index is 11.8. The van der Waals surface area contributed by atoms with E-state index in [2.05, 4.69) is 6.58 Å². The van der Waals surface area contributed by atoms with Crippen LogP contribution in [-0.4, -0.2) is 28.9 Å². The third kappa shape index (κ3) is 3.51. The highest BCUT2D eigenvalue weighted by Gasteiger charge is 2.22. The molecule has 1 aromatic rings. The van der Waals surface area contributed by atoms with Crippen LogP contribution in [0.4, 0.5) is 0 Å². The number of carbonyl (C=O) groups excluding carboxylic acids is 2. The van der Waals surface area contributed by atoms with Gasteiger partial charge in [-0.3, -0.25) is 4.79 Å². The van der Waals surface area contributed by atoms with Crippen LogP contribution in [0.2, 0.25) is 0 Å². The topological polar surface area (TPSA) is 80.7 Å². The number of rotatable bonds is 5. The fourth-order valence-corrected chi connectivity index (χ4v) is 1.47. The third-order valence-electron chi connectivity index (χ3n) is 2.45. The molecule has 1 aromatic carbocycles. The second kappa shape index (κ2) is 5.95. The highest BCUT2D eigenvalue weighted by Crippen LogP contribution is 2.12. The Morgan fingerprint density at radius 2 is 1.74 bits per heavy atom. The molecule has 0 aromatic heterocycles. The zero-order valence-corrected chi connectivity index (χ0v) is 10.7. The highest BCUT2D eigenvalue weighted by atomic mass is 16.5. The van der Waals surface area contributed by atoms with Crippen molar-refractivity contribution in [1.82, 2.24) is 0 Å². The van der Waals surface area contributed by atoms with Crippen molar-refractivity contribution < 1.29 is 24.2 Å². The number of carbonyl (C=O) groups is 3. The normalized spacial score (nSPS) is 11.5. The summed E-state index contributed by atoms with van der Waals surface area (Å²) in [6.45, 7) is 6.39. The fourth-order valence-electron chi connectivity index (χ4n) is 1.47. The Hall–Kier alpha value is -2.43. The number of Topliss-reactive ketones (excluding diaryl/α,β-unsaturated/α-hetero) is 1.